The van der Waals surface area contributed by atoms with Crippen LogP contribution in [0.4, 0.5) is 0 Å². The molecule has 5 nitrogen and oxygen atoms in total. The van der Waals surface area contributed by atoms with Crippen LogP contribution in [0.2, 0.25) is 0 Å². The molecule has 33 heavy (non-hydrogen) atoms. The Labute approximate surface area is 197 Å². The van der Waals surface area contributed by atoms with Crippen LogP contribution < -0.4 is 4.74 Å². The Kier molecular flexibility index (Phi) is 7.48. The molecule has 2 aliphatic rings. The van der Waals surface area contributed by atoms with Crippen LogP contribution in [0.3, 0.4) is 0 Å². The molecule has 1 saturated carbocycles. The van der Waals surface area contributed by atoms with E-state index in [0.717, 1.165) is 42.6 Å². The van der Waals surface area contributed by atoms with E-state index in [2.05, 4.69) is 0 Å². The number of carbonyl (C=O) groups is 2. The Morgan fingerprint density at radius 3 is 2.15 bits per heavy atom. The van der Waals surface area contributed by atoms with Crippen LogP contribution in [0.15, 0.2) is 60.3 Å². The molecule has 1 aliphatic heterocycles. The van der Waals surface area contributed by atoms with E-state index in [9.17, 15) is 9.59 Å². The molecule has 0 aromatic heterocycles. The lowest BCUT2D eigenvalue weighted by Crippen LogP contribution is -2.42. The monoisotopic (exact) mass is 446 g/mol. The number of hydrogen-bond donors (Lipinski definition) is 0. The van der Waals surface area contributed by atoms with Crippen LogP contribution in [-0.2, 0) is 16.1 Å². The third kappa shape index (κ3) is 5.13. The Balaban J connectivity index is 1.70. The molecule has 174 valence electrons. The summed E-state index contributed by atoms with van der Waals surface area (Å²) in [6.45, 7) is 3.09. The van der Waals surface area contributed by atoms with Crippen molar-refractivity contribution in [3.63, 3.8) is 0 Å². The predicted octanol–water partition coefficient (Wildman–Crippen LogP) is 5.41. The summed E-state index contributed by atoms with van der Waals surface area (Å²) in [5.74, 6) is 0.437. The van der Waals surface area contributed by atoms with Gasteiger partial charge in [-0.25, -0.2) is 0 Å². The van der Waals surface area contributed by atoms with Crippen molar-refractivity contribution in [3.05, 3.63) is 71.4 Å². The zero-order chi connectivity index (χ0) is 23.2. The Morgan fingerprint density at radius 1 is 0.879 bits per heavy atom. The van der Waals surface area contributed by atoms with Crippen LogP contribution in [0.25, 0.3) is 5.57 Å². The van der Waals surface area contributed by atoms with Gasteiger partial charge in [-0.3, -0.25) is 14.5 Å². The average Bonchev–Trinajstić information content (AvgIpc) is 3.05. The molecule has 0 unspecified atom stereocenters. The van der Waals surface area contributed by atoms with Gasteiger partial charge in [-0.15, -0.1) is 0 Å². The quantitative estimate of drug-likeness (QED) is 0.534. The van der Waals surface area contributed by atoms with Gasteiger partial charge in [0.2, 0.25) is 0 Å². The minimum atomic E-state index is -0.162. The van der Waals surface area contributed by atoms with Gasteiger partial charge in [0, 0.05) is 19.6 Å². The normalized spacial score (nSPS) is 17.8. The van der Waals surface area contributed by atoms with Crippen molar-refractivity contribution in [2.24, 2.45) is 0 Å². The Bertz CT molecular complexity index is 990. The second-order valence-electron chi connectivity index (χ2n) is 9.00. The highest BCUT2D eigenvalue weighted by Gasteiger charge is 2.43. The maximum absolute atomic E-state index is 13.8. The topological polar surface area (TPSA) is 49.9 Å². The zero-order valence-corrected chi connectivity index (χ0v) is 19.8. The van der Waals surface area contributed by atoms with Gasteiger partial charge in [-0.2, -0.15) is 0 Å². The predicted molar refractivity (Wildman–Crippen MR) is 130 cm³/mol. The second kappa shape index (κ2) is 10.7. The number of likely N-dealkylation sites (N-methyl/N-ethyl adjacent to an activating group) is 1. The van der Waals surface area contributed by atoms with Crippen LogP contribution in [0, 0.1) is 0 Å². The minimum absolute atomic E-state index is 0.0226. The van der Waals surface area contributed by atoms with Crippen LogP contribution in [0.5, 0.6) is 5.75 Å². The Hall–Kier alpha value is -3.08. The fraction of sp³-hybridized carbons (Fsp3) is 0.429. The number of carbonyl (C=O) groups excluding carboxylic acids is 2. The van der Waals surface area contributed by atoms with E-state index in [0.29, 0.717) is 24.4 Å². The number of hydrogen-bond acceptors (Lipinski definition) is 4. The lowest BCUT2D eigenvalue weighted by molar-refractivity contribution is -0.140. The first-order chi connectivity index (χ1) is 16.1. The molecule has 0 bridgehead atoms. The van der Waals surface area contributed by atoms with Crippen molar-refractivity contribution in [1.82, 2.24) is 9.80 Å². The molecule has 1 aliphatic carbocycles. The summed E-state index contributed by atoms with van der Waals surface area (Å²) in [5, 5.41) is 0. The maximum atomic E-state index is 13.8. The Morgan fingerprint density at radius 2 is 1.52 bits per heavy atom. The summed E-state index contributed by atoms with van der Waals surface area (Å²) >= 11 is 0. The molecule has 2 aromatic rings. The maximum Gasteiger partial charge on any atom is 0.278 e. The molecule has 2 aromatic carbocycles. The van der Waals surface area contributed by atoms with Gasteiger partial charge in [0.25, 0.3) is 11.8 Å². The van der Waals surface area contributed by atoms with E-state index >= 15 is 0 Å². The number of benzene rings is 2. The highest BCUT2D eigenvalue weighted by atomic mass is 16.5. The highest BCUT2D eigenvalue weighted by molar-refractivity contribution is 6.35. The van der Waals surface area contributed by atoms with Crippen molar-refractivity contribution in [3.8, 4) is 5.75 Å². The number of imide groups is 1. The van der Waals surface area contributed by atoms with Crippen molar-refractivity contribution in [1.29, 1.82) is 0 Å². The molecule has 5 heteroatoms. The van der Waals surface area contributed by atoms with E-state index in [1.165, 1.54) is 19.3 Å². The van der Waals surface area contributed by atoms with Gasteiger partial charge in [0.15, 0.2) is 0 Å². The second-order valence-corrected chi connectivity index (χ2v) is 9.00. The average molecular weight is 447 g/mol. The number of rotatable bonds is 7. The van der Waals surface area contributed by atoms with Gasteiger partial charge in [-0.05, 0) is 43.0 Å². The largest absolute Gasteiger partial charge is 0.494 e. The highest BCUT2D eigenvalue weighted by Crippen LogP contribution is 2.36. The number of ether oxygens (including phenoxy) is 1. The summed E-state index contributed by atoms with van der Waals surface area (Å²) in [7, 11) is 1.91. The van der Waals surface area contributed by atoms with E-state index in [-0.39, 0.29) is 17.9 Å². The van der Waals surface area contributed by atoms with E-state index < -0.39 is 0 Å². The molecule has 4 rings (SSSR count). The lowest BCUT2D eigenvalue weighted by Gasteiger charge is -2.29. The first-order valence-corrected chi connectivity index (χ1v) is 12.2. The number of amides is 2. The fourth-order valence-corrected chi connectivity index (χ4v) is 4.99. The third-order valence-corrected chi connectivity index (χ3v) is 6.63. The first-order valence-electron chi connectivity index (χ1n) is 12.2. The fourth-order valence-electron chi connectivity index (χ4n) is 4.99. The molecular formula is C28H34N2O3. The lowest BCUT2D eigenvalue weighted by atomic mass is 9.95. The van der Waals surface area contributed by atoms with Crippen molar-refractivity contribution < 1.29 is 14.3 Å². The summed E-state index contributed by atoms with van der Waals surface area (Å²) < 4.78 is 5.58. The number of nitrogens with zero attached hydrogens (tertiary/aromatic N) is 2. The molecule has 0 N–H and O–H groups in total. The van der Waals surface area contributed by atoms with Crippen molar-refractivity contribution in [2.75, 3.05) is 13.7 Å². The summed E-state index contributed by atoms with van der Waals surface area (Å²) in [6, 6.07) is 17.6. The third-order valence-electron chi connectivity index (χ3n) is 6.63. The summed E-state index contributed by atoms with van der Waals surface area (Å²) in [5.41, 5.74) is 2.86. The molecule has 0 spiro atoms. The van der Waals surface area contributed by atoms with Crippen LogP contribution >= 0.6 is 0 Å². The van der Waals surface area contributed by atoms with E-state index in [1.807, 2.05) is 73.5 Å². The zero-order valence-electron chi connectivity index (χ0n) is 19.8. The van der Waals surface area contributed by atoms with Gasteiger partial charge < -0.3 is 9.64 Å². The first kappa shape index (κ1) is 23.1. The summed E-state index contributed by atoms with van der Waals surface area (Å²) in [4.78, 5) is 31.1. The van der Waals surface area contributed by atoms with E-state index in [4.69, 9.17) is 4.74 Å². The molecule has 1 heterocycles. The molecule has 0 radical (unpaired) electrons. The van der Waals surface area contributed by atoms with Crippen molar-refractivity contribution >= 4 is 17.4 Å². The smallest absolute Gasteiger partial charge is 0.278 e. The summed E-state index contributed by atoms with van der Waals surface area (Å²) in [6.07, 6.45) is 7.51. The van der Waals surface area contributed by atoms with Crippen LogP contribution in [-0.4, -0.2) is 41.3 Å². The van der Waals surface area contributed by atoms with Gasteiger partial charge in [-0.1, -0.05) is 74.6 Å². The van der Waals surface area contributed by atoms with Gasteiger partial charge in [0.05, 0.1) is 12.2 Å². The molecule has 2 amide bonds. The van der Waals surface area contributed by atoms with Crippen molar-refractivity contribution in [2.45, 2.75) is 64.5 Å². The van der Waals surface area contributed by atoms with Gasteiger partial charge in [0.1, 0.15) is 11.4 Å². The van der Waals surface area contributed by atoms with E-state index in [1.54, 1.807) is 4.90 Å². The SMILES string of the molecule is CCOc1ccc(C2=C(N(C)Cc3ccccc3)C(=O)N(C3CCCCCCC3)C2=O)cc1. The molecular weight excluding hydrogens is 412 g/mol. The molecule has 1 fully saturated rings. The minimum Gasteiger partial charge on any atom is -0.494 e. The van der Waals surface area contributed by atoms with Crippen LogP contribution in [0.1, 0.15) is 63.0 Å². The molecule has 0 atom stereocenters. The van der Waals surface area contributed by atoms with Gasteiger partial charge >= 0.3 is 0 Å². The molecule has 0 saturated heterocycles. The standard InChI is InChI=1S/C28H34N2O3/c1-3-33-24-18-16-22(17-19-24)25-26(29(2)20-21-12-8-7-9-13-21)28(32)30(27(25)31)23-14-10-5-4-6-11-15-23/h7-9,12-13,16-19,23H,3-6,10-11,14-15,20H2,1-2H3.